The maximum Gasteiger partial charge on any atom is 0.221 e. The fraction of sp³-hybridized carbons (Fsp3) is 0.0909. The Morgan fingerprint density at radius 3 is 2.41 bits per heavy atom. The van der Waals surface area contributed by atoms with Crippen molar-refractivity contribution in [2.75, 3.05) is 10.2 Å². The first-order valence-corrected chi connectivity index (χ1v) is 8.80. The molecule has 0 radical (unpaired) electrons. The Kier molecular flexibility index (Phi) is 4.58. The number of nitrogens with one attached hydrogen (secondary N) is 1. The molecule has 0 unspecified atom stereocenters. The molecular formula is C22H20N4O. The van der Waals surface area contributed by atoms with Gasteiger partial charge in [-0.15, -0.1) is 0 Å². The van der Waals surface area contributed by atoms with Crippen molar-refractivity contribution in [2.45, 2.75) is 13.5 Å². The van der Waals surface area contributed by atoms with Gasteiger partial charge in [0.1, 0.15) is 5.82 Å². The van der Waals surface area contributed by atoms with Gasteiger partial charge in [-0.1, -0.05) is 30.3 Å². The normalized spacial score (nSPS) is 13.2. The Bertz CT molecular complexity index is 1010. The number of pyridine rings is 1. The third-order valence-corrected chi connectivity index (χ3v) is 4.33. The number of rotatable bonds is 4. The van der Waals surface area contributed by atoms with E-state index < -0.39 is 0 Å². The van der Waals surface area contributed by atoms with Gasteiger partial charge in [-0.2, -0.15) is 0 Å². The summed E-state index contributed by atoms with van der Waals surface area (Å²) in [4.78, 5) is 19.9. The topological polar surface area (TPSA) is 48.5 Å². The van der Waals surface area contributed by atoms with Gasteiger partial charge < -0.3 is 15.1 Å². The molecule has 0 saturated carbocycles. The highest BCUT2D eigenvalue weighted by Gasteiger charge is 2.08. The first-order chi connectivity index (χ1) is 13.2. The lowest BCUT2D eigenvalue weighted by Gasteiger charge is -2.24. The van der Waals surface area contributed by atoms with Crippen molar-refractivity contribution in [3.63, 3.8) is 0 Å². The first kappa shape index (κ1) is 16.8. The number of nitrogens with zero attached hydrogens (tertiary/aromatic N) is 3. The average molecular weight is 356 g/mol. The van der Waals surface area contributed by atoms with Crippen LogP contribution in [0.3, 0.4) is 0 Å². The summed E-state index contributed by atoms with van der Waals surface area (Å²) in [6.45, 7) is 2.26. The molecule has 2 heterocycles. The van der Waals surface area contributed by atoms with Gasteiger partial charge in [-0.3, -0.25) is 4.79 Å². The van der Waals surface area contributed by atoms with Gasteiger partial charge in [0.25, 0.3) is 0 Å². The van der Waals surface area contributed by atoms with E-state index in [0.29, 0.717) is 0 Å². The van der Waals surface area contributed by atoms with Crippen LogP contribution < -0.4 is 10.2 Å². The van der Waals surface area contributed by atoms with Crippen LogP contribution >= 0.6 is 0 Å². The van der Waals surface area contributed by atoms with Gasteiger partial charge in [-0.05, 0) is 35.9 Å². The summed E-state index contributed by atoms with van der Waals surface area (Å²) in [6, 6.07) is 20.1. The fourth-order valence-electron chi connectivity index (χ4n) is 2.98. The molecule has 5 heteroatoms. The second-order valence-corrected chi connectivity index (χ2v) is 6.42. The average Bonchev–Trinajstić information content (AvgIpc) is 2.69. The molecule has 5 nitrogen and oxygen atoms in total. The van der Waals surface area contributed by atoms with E-state index in [4.69, 9.17) is 4.98 Å². The van der Waals surface area contributed by atoms with Crippen LogP contribution in [0.15, 0.2) is 85.5 Å². The number of anilines is 2. The third kappa shape index (κ3) is 3.98. The van der Waals surface area contributed by atoms with Gasteiger partial charge in [0.2, 0.25) is 5.91 Å². The minimum atomic E-state index is -0.0629. The Morgan fingerprint density at radius 1 is 0.926 bits per heavy atom. The van der Waals surface area contributed by atoms with Crippen molar-refractivity contribution >= 4 is 28.3 Å². The zero-order chi connectivity index (χ0) is 18.6. The maximum absolute atomic E-state index is 11.1. The summed E-state index contributed by atoms with van der Waals surface area (Å²) in [7, 11) is 0. The SMILES string of the molecule is CC(=O)Nc1ccc(CN2C=CN(c3ccc4ccccc4n3)C=C2)cc1. The molecule has 27 heavy (non-hydrogen) atoms. The van der Waals surface area contributed by atoms with Gasteiger partial charge in [0.05, 0.1) is 5.52 Å². The molecule has 1 amide bonds. The van der Waals surface area contributed by atoms with Crippen molar-refractivity contribution in [2.24, 2.45) is 0 Å². The predicted octanol–water partition coefficient (Wildman–Crippen LogP) is 4.46. The van der Waals surface area contributed by atoms with Crippen LogP contribution in [0.4, 0.5) is 11.5 Å². The molecule has 0 aliphatic carbocycles. The van der Waals surface area contributed by atoms with Crippen LogP contribution in [0.25, 0.3) is 10.9 Å². The van der Waals surface area contributed by atoms with Crippen LogP contribution in [0.5, 0.6) is 0 Å². The summed E-state index contributed by atoms with van der Waals surface area (Å²) in [5.74, 6) is 0.826. The maximum atomic E-state index is 11.1. The molecule has 1 aromatic heterocycles. The lowest BCUT2D eigenvalue weighted by atomic mass is 10.2. The molecule has 1 aliphatic rings. The highest BCUT2D eigenvalue weighted by molar-refractivity contribution is 5.88. The van der Waals surface area contributed by atoms with E-state index in [9.17, 15) is 4.79 Å². The number of benzene rings is 2. The number of carbonyl (C=O) groups is 1. The van der Waals surface area contributed by atoms with Gasteiger partial charge in [-0.25, -0.2) is 4.98 Å². The number of para-hydroxylation sites is 1. The highest BCUT2D eigenvalue weighted by atomic mass is 16.1. The number of aromatic nitrogens is 1. The zero-order valence-corrected chi connectivity index (χ0v) is 15.0. The Morgan fingerprint density at radius 2 is 1.67 bits per heavy atom. The molecule has 1 N–H and O–H groups in total. The number of hydrogen-bond acceptors (Lipinski definition) is 4. The number of hydrogen-bond donors (Lipinski definition) is 1. The van der Waals surface area contributed by atoms with E-state index in [1.54, 1.807) is 0 Å². The summed E-state index contributed by atoms with van der Waals surface area (Å²) >= 11 is 0. The smallest absolute Gasteiger partial charge is 0.221 e. The molecule has 1 aliphatic heterocycles. The van der Waals surface area contributed by atoms with Crippen LogP contribution in [0.1, 0.15) is 12.5 Å². The summed E-state index contributed by atoms with van der Waals surface area (Å²) in [6.07, 6.45) is 8.06. The zero-order valence-electron chi connectivity index (χ0n) is 15.0. The van der Waals surface area contributed by atoms with Crippen LogP contribution in [-0.2, 0) is 11.3 Å². The van der Waals surface area contributed by atoms with Crippen LogP contribution in [0, 0.1) is 0 Å². The van der Waals surface area contributed by atoms with E-state index in [-0.39, 0.29) is 5.91 Å². The molecule has 3 aromatic rings. The van der Waals surface area contributed by atoms with Crippen LogP contribution in [0.2, 0.25) is 0 Å². The van der Waals surface area contributed by atoms with Crippen molar-refractivity contribution in [1.82, 2.24) is 9.88 Å². The monoisotopic (exact) mass is 356 g/mol. The van der Waals surface area contributed by atoms with Crippen molar-refractivity contribution in [3.8, 4) is 0 Å². The number of fused-ring (bicyclic) bond motifs is 1. The van der Waals surface area contributed by atoms with Crippen molar-refractivity contribution in [1.29, 1.82) is 0 Å². The third-order valence-electron chi connectivity index (χ3n) is 4.33. The second kappa shape index (κ2) is 7.33. The van der Waals surface area contributed by atoms with E-state index >= 15 is 0 Å². The Balaban J connectivity index is 1.42. The lowest BCUT2D eigenvalue weighted by Crippen LogP contribution is -2.19. The summed E-state index contributed by atoms with van der Waals surface area (Å²) in [5.41, 5.74) is 2.96. The molecule has 0 spiro atoms. The quantitative estimate of drug-likeness (QED) is 0.750. The van der Waals surface area contributed by atoms with Crippen molar-refractivity contribution < 1.29 is 4.79 Å². The van der Waals surface area contributed by atoms with E-state index in [1.807, 2.05) is 78.2 Å². The standard InChI is InChI=1S/C22H20N4O/c1-17(27)23-20-9-6-18(7-10-20)16-25-12-14-26(15-13-25)22-11-8-19-4-2-3-5-21(19)24-22/h2-15H,16H2,1H3,(H,23,27). The van der Waals surface area contributed by atoms with Gasteiger partial charge in [0, 0.05) is 49.3 Å². The molecular weight excluding hydrogens is 336 g/mol. The number of carbonyl (C=O) groups excluding carboxylic acids is 1. The minimum Gasteiger partial charge on any atom is -0.347 e. The second-order valence-electron chi connectivity index (χ2n) is 6.42. The highest BCUT2D eigenvalue weighted by Crippen LogP contribution is 2.21. The number of amides is 1. The summed E-state index contributed by atoms with van der Waals surface area (Å²) in [5, 5.41) is 3.91. The molecule has 134 valence electrons. The lowest BCUT2D eigenvalue weighted by molar-refractivity contribution is -0.114. The molecule has 4 rings (SSSR count). The Hall–Kier alpha value is -3.60. The predicted molar refractivity (Wildman–Crippen MR) is 109 cm³/mol. The molecule has 0 atom stereocenters. The molecule has 2 aromatic carbocycles. The Labute approximate surface area is 158 Å². The van der Waals surface area contributed by atoms with Gasteiger partial charge >= 0.3 is 0 Å². The fourth-order valence-corrected chi connectivity index (χ4v) is 2.98. The van der Waals surface area contributed by atoms with E-state index in [0.717, 1.165) is 34.5 Å². The van der Waals surface area contributed by atoms with Gasteiger partial charge in [0.15, 0.2) is 0 Å². The molecule has 0 saturated heterocycles. The van der Waals surface area contributed by atoms with Crippen LogP contribution in [-0.4, -0.2) is 15.8 Å². The largest absolute Gasteiger partial charge is 0.347 e. The van der Waals surface area contributed by atoms with E-state index in [1.165, 1.54) is 6.92 Å². The van der Waals surface area contributed by atoms with Crippen molar-refractivity contribution in [3.05, 3.63) is 91.0 Å². The minimum absolute atomic E-state index is 0.0629. The first-order valence-electron chi connectivity index (χ1n) is 8.80. The van der Waals surface area contributed by atoms with E-state index in [2.05, 4.69) is 22.3 Å². The molecule has 0 bridgehead atoms. The molecule has 0 fully saturated rings. The summed E-state index contributed by atoms with van der Waals surface area (Å²) < 4.78 is 0.